The van der Waals surface area contributed by atoms with E-state index in [1.165, 1.54) is 38.7 Å². The van der Waals surface area contributed by atoms with Crippen LogP contribution in [0.4, 0.5) is 0 Å². The minimum atomic E-state index is -0.953. The Kier molecular flexibility index (Phi) is 34.1. The van der Waals surface area contributed by atoms with Crippen molar-refractivity contribution >= 4 is 28.9 Å². The molecule has 12 nitrogen and oxygen atoms in total. The molecular formula is C50H87N3O9. The lowest BCUT2D eigenvalue weighted by Crippen LogP contribution is -2.55. The first kappa shape index (κ1) is 60.5. The molecule has 12 heteroatoms. The predicted molar refractivity (Wildman–Crippen MR) is 252 cm³/mol. The van der Waals surface area contributed by atoms with Gasteiger partial charge in [-0.2, -0.15) is 0 Å². The second-order valence-electron chi connectivity index (χ2n) is 16.7. The molecule has 1 saturated heterocycles. The lowest BCUT2D eigenvalue weighted by atomic mass is 9.88. The molecule has 2 heterocycles. The van der Waals surface area contributed by atoms with Crippen LogP contribution in [0.15, 0.2) is 56.7 Å². The minimum Gasteiger partial charge on any atom is -0.462 e. The van der Waals surface area contributed by atoms with Crippen LogP contribution in [0.1, 0.15) is 140 Å². The van der Waals surface area contributed by atoms with Gasteiger partial charge in [-0.1, -0.05) is 67.0 Å². The second kappa shape index (κ2) is 34.9. The number of nitrogens with zero attached hydrogens (tertiary/aromatic N) is 3. The quantitative estimate of drug-likeness (QED) is 0.0432. The lowest BCUT2D eigenvalue weighted by molar-refractivity contribution is -0.272. The number of aliphatic hydroxyl groups is 1. The first-order valence-electron chi connectivity index (χ1n) is 22.7. The number of rotatable bonds is 25. The molecule has 1 aliphatic rings. The number of hydrogen-bond donors (Lipinski definition) is 1. The third-order valence-electron chi connectivity index (χ3n) is 10.9. The summed E-state index contributed by atoms with van der Waals surface area (Å²) < 4.78 is 22.8. The van der Waals surface area contributed by atoms with Crippen molar-refractivity contribution in [3.05, 3.63) is 62.2 Å². The Balaban J connectivity index is 0. The molecule has 0 radical (unpaired) electrons. The van der Waals surface area contributed by atoms with E-state index < -0.39 is 36.3 Å². The summed E-state index contributed by atoms with van der Waals surface area (Å²) in [4.78, 5) is 56.5. The van der Waals surface area contributed by atoms with Crippen LogP contribution in [-0.2, 0) is 38.1 Å². The van der Waals surface area contributed by atoms with Crippen LogP contribution in [0, 0.1) is 23.7 Å². The van der Waals surface area contributed by atoms with Gasteiger partial charge in [-0.3, -0.25) is 19.4 Å². The van der Waals surface area contributed by atoms with Crippen LogP contribution >= 0.6 is 0 Å². The highest BCUT2D eigenvalue weighted by Crippen LogP contribution is 2.28. The van der Waals surface area contributed by atoms with Crippen LogP contribution in [0.25, 0.3) is 5.57 Å². The van der Waals surface area contributed by atoms with Crippen molar-refractivity contribution in [3.63, 3.8) is 0 Å². The van der Waals surface area contributed by atoms with Gasteiger partial charge in [-0.15, -0.1) is 13.2 Å². The Bertz CT molecular complexity index is 1420. The Morgan fingerprint density at radius 2 is 1.58 bits per heavy atom. The predicted octanol–water partition coefficient (Wildman–Crippen LogP) is 9.50. The van der Waals surface area contributed by atoms with Crippen LogP contribution in [0.2, 0.25) is 0 Å². The Hall–Kier alpha value is -3.55. The zero-order valence-electron chi connectivity index (χ0n) is 41.2. The van der Waals surface area contributed by atoms with Crippen molar-refractivity contribution < 1.29 is 43.2 Å². The second-order valence-corrected chi connectivity index (χ2v) is 16.7. The highest BCUT2D eigenvalue weighted by molar-refractivity contribution is 5.99. The van der Waals surface area contributed by atoms with Gasteiger partial charge in [0.1, 0.15) is 29.7 Å². The number of carbonyl (C=O) groups excluding carboxylic acids is 4. The lowest BCUT2D eigenvalue weighted by Gasteiger charge is -2.42. The zero-order chi connectivity index (χ0) is 47.9. The fourth-order valence-electron chi connectivity index (χ4n) is 6.87. The number of aromatic nitrogens is 1. The molecule has 1 aliphatic heterocycles. The van der Waals surface area contributed by atoms with Crippen molar-refractivity contribution in [1.82, 2.24) is 14.8 Å². The molecule has 0 aliphatic carbocycles. The van der Waals surface area contributed by atoms with Gasteiger partial charge >= 0.3 is 5.97 Å². The van der Waals surface area contributed by atoms with Crippen LogP contribution in [-0.4, -0.2) is 114 Å². The molecule has 1 aromatic heterocycles. The van der Waals surface area contributed by atoms with Gasteiger partial charge in [0.15, 0.2) is 12.1 Å². The number of aliphatic hydroxyl groups excluding tert-OH is 1. The number of ketones is 3. The number of hydrogen-bond acceptors (Lipinski definition) is 12. The molecule has 0 bridgehead atoms. The Morgan fingerprint density at radius 1 is 0.968 bits per heavy atom. The fourth-order valence-corrected chi connectivity index (χ4v) is 6.87. The van der Waals surface area contributed by atoms with Gasteiger partial charge < -0.3 is 38.6 Å². The standard InChI is InChI=1S/C30H55NO8.C15H22N2.C3H6O.C2H4/c1-11-23(14-13-18(3)26(32)19(4)15-16-36-10)38-29(35)22(7)27(33)21(6)25(12-2)39-30-28(34)24(31(8)9)17-20(5)37-30;1-4-6-7-11-17(5-2)13-14(3)15-9-8-10-16-12-15;1-3(2)4;1-2/h18-25,28,30,34H,11-17H2,1-10H3;5,8-10,12-13H,2,4,6-7,11H2,1,3H3;1-2H3;1-2H2/b;14-13+;;/t18-,19-,20-,21-,22-,23-,24+,25+,28-,30+;;;/m1.../s1. The highest BCUT2D eigenvalue weighted by atomic mass is 16.7. The Morgan fingerprint density at radius 3 is 2.08 bits per heavy atom. The highest BCUT2D eigenvalue weighted by Gasteiger charge is 2.41. The van der Waals surface area contributed by atoms with E-state index in [2.05, 4.69) is 55.7 Å². The normalized spacial score (nSPS) is 20.2. The zero-order valence-corrected chi connectivity index (χ0v) is 41.2. The molecule has 0 aromatic carbocycles. The van der Waals surface area contributed by atoms with Gasteiger partial charge in [0.25, 0.3) is 0 Å². The maximum Gasteiger partial charge on any atom is 0.316 e. The van der Waals surface area contributed by atoms with E-state index in [0.717, 1.165) is 12.1 Å². The number of Topliss-reactive ketones (excluding diaryl/α,β-unsaturated/α-hetero) is 3. The first-order valence-corrected chi connectivity index (χ1v) is 22.7. The van der Waals surface area contributed by atoms with Crippen molar-refractivity contribution in [2.24, 2.45) is 23.7 Å². The molecular weight excluding hydrogens is 787 g/mol. The summed E-state index contributed by atoms with van der Waals surface area (Å²) in [5.41, 5.74) is 2.38. The van der Waals surface area contributed by atoms with Gasteiger partial charge in [-0.25, -0.2) is 0 Å². The summed E-state index contributed by atoms with van der Waals surface area (Å²) in [6.45, 7) is 31.7. The monoisotopic (exact) mass is 874 g/mol. The molecule has 1 aromatic rings. The van der Waals surface area contributed by atoms with Crippen molar-refractivity contribution in [2.75, 3.05) is 34.4 Å². The number of methoxy groups -OCH3 is 1. The van der Waals surface area contributed by atoms with E-state index in [-0.39, 0.29) is 47.4 Å². The van der Waals surface area contributed by atoms with E-state index in [9.17, 15) is 24.3 Å². The van der Waals surface area contributed by atoms with Crippen molar-refractivity contribution in [3.8, 4) is 0 Å². The number of pyridine rings is 1. The third-order valence-corrected chi connectivity index (χ3v) is 10.9. The summed E-state index contributed by atoms with van der Waals surface area (Å²) in [5.74, 6) is -2.23. The molecule has 0 unspecified atom stereocenters. The SMILES string of the molecule is C=C.C=CN(/C=C(\C)c1cccnc1)CCCCC.CC(C)=O.CC[C@H](CC[C@@H](C)C(=O)[C@H](C)CCOC)OC(=O)[C@H](C)C(=O)[C@H](C)[C@H](CC)O[C@@H]1O[C@H](C)C[C@H](N(C)C)[C@H]1O. The average Bonchev–Trinajstić information content (AvgIpc) is 3.26. The van der Waals surface area contributed by atoms with Crippen LogP contribution in [0.5, 0.6) is 0 Å². The first-order chi connectivity index (χ1) is 29.3. The minimum absolute atomic E-state index is 0.0764. The van der Waals surface area contributed by atoms with E-state index >= 15 is 0 Å². The number of esters is 1. The number of likely N-dealkylation sites (N-methyl/N-ethyl adjacent to an activating group) is 1. The molecule has 1 fully saturated rings. The molecule has 62 heavy (non-hydrogen) atoms. The van der Waals surface area contributed by atoms with E-state index in [1.54, 1.807) is 27.2 Å². The molecule has 1 N–H and O–H groups in total. The van der Waals surface area contributed by atoms with Crippen molar-refractivity contribution in [2.45, 2.75) is 171 Å². The van der Waals surface area contributed by atoms with Gasteiger partial charge in [0.2, 0.25) is 0 Å². The Labute approximate surface area is 376 Å². The van der Waals surface area contributed by atoms with Crippen LogP contribution in [0.3, 0.4) is 0 Å². The topological polar surface area (TPSA) is 145 Å². The maximum absolute atomic E-state index is 13.3. The largest absolute Gasteiger partial charge is 0.462 e. The maximum atomic E-state index is 13.3. The molecule has 2 rings (SSSR count). The van der Waals surface area contributed by atoms with Gasteiger partial charge in [-0.05, 0) is 117 Å². The molecule has 0 spiro atoms. The molecule has 10 atom stereocenters. The number of carbonyl (C=O) groups is 4. The summed E-state index contributed by atoms with van der Waals surface area (Å²) in [6.07, 6.45) is 12.4. The number of unbranched alkanes of at least 4 members (excludes halogenated alkanes) is 2. The average molecular weight is 874 g/mol. The summed E-state index contributed by atoms with van der Waals surface area (Å²) in [6, 6.07) is 3.92. The summed E-state index contributed by atoms with van der Waals surface area (Å²) in [7, 11) is 5.44. The fraction of sp³-hybridized carbons (Fsp3) is 0.700. The third kappa shape index (κ3) is 24.3. The van der Waals surface area contributed by atoms with Gasteiger partial charge in [0, 0.05) is 62.7 Å². The molecule has 0 amide bonds. The summed E-state index contributed by atoms with van der Waals surface area (Å²) in [5, 5.41) is 10.8. The van der Waals surface area contributed by atoms with E-state index in [4.69, 9.17) is 18.9 Å². The smallest absolute Gasteiger partial charge is 0.316 e. The summed E-state index contributed by atoms with van der Waals surface area (Å²) >= 11 is 0. The molecule has 0 saturated carbocycles. The van der Waals surface area contributed by atoms with E-state index in [0.29, 0.717) is 45.1 Å². The number of allylic oxidation sites excluding steroid dienone is 1. The van der Waals surface area contributed by atoms with Gasteiger partial charge in [0.05, 0.1) is 12.2 Å². The molecule has 356 valence electrons. The van der Waals surface area contributed by atoms with Crippen LogP contribution < -0.4 is 0 Å². The van der Waals surface area contributed by atoms with E-state index in [1.807, 2.05) is 72.1 Å². The number of ether oxygens (including phenoxy) is 4. The van der Waals surface area contributed by atoms with Crippen molar-refractivity contribution in [1.29, 1.82) is 0 Å².